The number of fused-ring (bicyclic) bond motifs is 4. The molecule has 4 aliphatic rings. The van der Waals surface area contributed by atoms with E-state index < -0.39 is 11.8 Å². The summed E-state index contributed by atoms with van der Waals surface area (Å²) in [6.07, 6.45) is 8.78. The van der Waals surface area contributed by atoms with E-state index in [2.05, 4.69) is 86.0 Å². The molecule has 3 N–H and O–H groups in total. The molecule has 4 aromatic heterocycles. The van der Waals surface area contributed by atoms with Gasteiger partial charge in [-0.1, -0.05) is 57.8 Å². The first-order chi connectivity index (χ1) is 32.6. The zero-order valence-electron chi connectivity index (χ0n) is 38.2. The molecule has 2 aromatic carbocycles. The Bertz CT molecular complexity index is 2670. The van der Waals surface area contributed by atoms with E-state index in [-0.39, 0.29) is 16.9 Å². The highest BCUT2D eigenvalue weighted by molar-refractivity contribution is 9.10. The van der Waals surface area contributed by atoms with Gasteiger partial charge in [0.1, 0.15) is 0 Å². The molecule has 2 aliphatic carbocycles. The monoisotopic (exact) mass is 1060 g/mol. The molecule has 0 amide bonds. The normalized spacial score (nSPS) is 18.4. The summed E-state index contributed by atoms with van der Waals surface area (Å²) in [5, 5.41) is 14.3. The summed E-state index contributed by atoms with van der Waals surface area (Å²) in [7, 11) is 0. The van der Waals surface area contributed by atoms with Crippen LogP contribution in [-0.2, 0) is 45.0 Å². The summed E-state index contributed by atoms with van der Waals surface area (Å²) in [4.78, 5) is 48.8. The lowest BCUT2D eigenvalue weighted by molar-refractivity contribution is -0.119. The van der Waals surface area contributed by atoms with E-state index in [9.17, 15) is 9.59 Å². The maximum Gasteiger partial charge on any atom is 0.225 e. The van der Waals surface area contributed by atoms with Gasteiger partial charge in [-0.25, -0.2) is 9.97 Å². The molecule has 16 nitrogen and oxygen atoms in total. The minimum absolute atomic E-state index is 0.121. The molecule has 6 heterocycles. The quantitative estimate of drug-likeness (QED) is 0.0843. The SMILES string of the molecule is CCCn1cc2c(C3C(=O)Cc4ccc(Br)cc43)nc(Cl)nc2n1.CCCn1cc2c(C3C(=O)Cc4ccc(Br)cc43)nc(NCCCN3CCOCC3)nc2n1.NCCCN1CCOCC1. The van der Waals surface area contributed by atoms with Crippen molar-refractivity contribution in [1.29, 1.82) is 0 Å². The van der Waals surface area contributed by atoms with Crippen LogP contribution in [0.4, 0.5) is 5.95 Å². The van der Waals surface area contributed by atoms with Gasteiger partial charge in [-0.3, -0.25) is 28.8 Å². The molecule has 67 heavy (non-hydrogen) atoms. The fourth-order valence-corrected chi connectivity index (χ4v) is 10.0. The van der Waals surface area contributed by atoms with E-state index in [1.54, 1.807) is 0 Å². The maximum absolute atomic E-state index is 13.1. The first kappa shape index (κ1) is 49.2. The summed E-state index contributed by atoms with van der Waals surface area (Å²) < 4.78 is 16.3. The fraction of sp³-hybridized carbons (Fsp3) is 0.500. The third-order valence-corrected chi connectivity index (χ3v) is 13.5. The van der Waals surface area contributed by atoms with Crippen molar-refractivity contribution in [3.05, 3.63) is 96.7 Å². The number of Topliss-reactive ketones (excluding diaryl/α,β-unsaturated/α-hetero) is 2. The van der Waals surface area contributed by atoms with Gasteiger partial charge in [0, 0.05) is 80.0 Å². The van der Waals surface area contributed by atoms with Crippen molar-refractivity contribution in [2.24, 2.45) is 5.73 Å². The average molecular weight is 1060 g/mol. The molecule has 0 radical (unpaired) electrons. The molecular formula is C48H59Br2ClN12O4. The first-order valence-electron chi connectivity index (χ1n) is 23.4. The molecule has 2 fully saturated rings. The Morgan fingerprint density at radius 3 is 1.69 bits per heavy atom. The largest absolute Gasteiger partial charge is 0.379 e. The van der Waals surface area contributed by atoms with Gasteiger partial charge in [0.2, 0.25) is 11.2 Å². The smallest absolute Gasteiger partial charge is 0.225 e. The van der Waals surface area contributed by atoms with Crippen LogP contribution in [0.25, 0.3) is 22.1 Å². The minimum Gasteiger partial charge on any atom is -0.379 e. The van der Waals surface area contributed by atoms with Crippen molar-refractivity contribution >= 4 is 83.0 Å². The molecule has 2 unspecified atom stereocenters. The van der Waals surface area contributed by atoms with E-state index in [1.165, 1.54) is 0 Å². The highest BCUT2D eigenvalue weighted by atomic mass is 79.9. The lowest BCUT2D eigenvalue weighted by Crippen LogP contribution is -2.37. The van der Waals surface area contributed by atoms with Crippen molar-refractivity contribution in [1.82, 2.24) is 49.3 Å². The van der Waals surface area contributed by atoms with Gasteiger partial charge in [-0.15, -0.1) is 0 Å². The van der Waals surface area contributed by atoms with Crippen molar-refractivity contribution in [2.75, 3.05) is 84.1 Å². The molecule has 19 heteroatoms. The molecule has 0 saturated carbocycles. The van der Waals surface area contributed by atoms with Crippen molar-refractivity contribution in [2.45, 2.75) is 77.3 Å². The number of morpholine rings is 2. The molecule has 0 bridgehead atoms. The fourth-order valence-electron chi connectivity index (χ4n) is 9.11. The molecule has 0 spiro atoms. The summed E-state index contributed by atoms with van der Waals surface area (Å²) in [5.74, 6) is 0.0282. The number of hydrogen-bond donors (Lipinski definition) is 2. The molecule has 356 valence electrons. The van der Waals surface area contributed by atoms with E-state index in [0.29, 0.717) is 35.8 Å². The van der Waals surface area contributed by atoms with Gasteiger partial charge >= 0.3 is 0 Å². The van der Waals surface area contributed by atoms with Crippen LogP contribution in [0.1, 0.15) is 85.0 Å². The number of ketones is 2. The number of rotatable bonds is 14. The zero-order valence-corrected chi connectivity index (χ0v) is 42.2. The standard InChI is InChI=1S/C24H29BrN6O2.C17H14BrClN4O.C7H16N2O/c1-2-7-31-15-19-22(21-18-14-17(25)5-4-16(18)13-20(21)32)27-24(28-23(19)29-31)26-6-3-8-30-9-11-33-12-10-30;1-2-5-23-8-12-15(20-17(19)21-16(12)22-23)14-11-7-10(18)4-3-9(11)6-13(14)24;8-2-1-3-9-4-6-10-7-5-9/h4-5,14-15,21H,2-3,6-13H2,1H3,(H,26,28,29);3-4,7-8,14H,2,5-6H2,1H3;1-8H2. The number of nitrogens with two attached hydrogens (primary N) is 1. The zero-order chi connectivity index (χ0) is 46.9. The summed E-state index contributed by atoms with van der Waals surface area (Å²) >= 11 is 13.2. The number of carbonyl (C=O) groups excluding carboxylic acids is 2. The highest BCUT2D eigenvalue weighted by Gasteiger charge is 2.37. The van der Waals surface area contributed by atoms with Crippen molar-refractivity contribution in [3.8, 4) is 0 Å². The van der Waals surface area contributed by atoms with Crippen LogP contribution in [0.5, 0.6) is 0 Å². The number of aromatic nitrogens is 8. The Morgan fingerprint density at radius 2 is 1.18 bits per heavy atom. The number of nitrogens with zero attached hydrogens (tertiary/aromatic N) is 10. The predicted octanol–water partition coefficient (Wildman–Crippen LogP) is 6.97. The Labute approximate surface area is 413 Å². The Balaban J connectivity index is 0.000000156. The number of aryl methyl sites for hydroxylation is 2. The highest BCUT2D eigenvalue weighted by Crippen LogP contribution is 2.40. The van der Waals surface area contributed by atoms with E-state index in [0.717, 1.165) is 165 Å². The predicted molar refractivity (Wildman–Crippen MR) is 267 cm³/mol. The van der Waals surface area contributed by atoms with E-state index >= 15 is 0 Å². The number of halogens is 3. The number of carbonyl (C=O) groups is 2. The van der Waals surface area contributed by atoms with Gasteiger partial charge in [-0.2, -0.15) is 20.2 Å². The molecular weight excluding hydrogens is 1000 g/mol. The lowest BCUT2D eigenvalue weighted by atomic mass is 9.95. The Kier molecular flexibility index (Phi) is 17.1. The number of ether oxygens (including phenoxy) is 2. The maximum atomic E-state index is 13.1. The van der Waals surface area contributed by atoms with Crippen LogP contribution in [0.15, 0.2) is 57.7 Å². The van der Waals surface area contributed by atoms with Crippen LogP contribution >= 0.6 is 43.5 Å². The van der Waals surface area contributed by atoms with Gasteiger partial charge < -0.3 is 20.5 Å². The van der Waals surface area contributed by atoms with E-state index in [4.69, 9.17) is 31.8 Å². The van der Waals surface area contributed by atoms with Crippen LogP contribution in [-0.4, -0.2) is 140 Å². The summed E-state index contributed by atoms with van der Waals surface area (Å²) in [6, 6.07) is 12.0. The molecule has 2 aliphatic heterocycles. The second kappa shape index (κ2) is 23.4. The van der Waals surface area contributed by atoms with Crippen molar-refractivity contribution < 1.29 is 19.1 Å². The topological polar surface area (TPSA) is 184 Å². The van der Waals surface area contributed by atoms with Crippen LogP contribution < -0.4 is 11.1 Å². The van der Waals surface area contributed by atoms with Crippen LogP contribution in [0, 0.1) is 0 Å². The number of nitrogens with one attached hydrogen (secondary N) is 1. The van der Waals surface area contributed by atoms with Crippen LogP contribution in [0.3, 0.4) is 0 Å². The van der Waals surface area contributed by atoms with Gasteiger partial charge in [0.05, 0.1) is 60.4 Å². The minimum atomic E-state index is -0.417. The Hall–Kier alpha value is -4.27. The van der Waals surface area contributed by atoms with Crippen LogP contribution in [0.2, 0.25) is 5.28 Å². The molecule has 10 rings (SSSR count). The Morgan fingerprint density at radius 1 is 0.687 bits per heavy atom. The molecule has 2 saturated heterocycles. The average Bonchev–Trinajstić information content (AvgIpc) is 4.09. The first-order valence-corrected chi connectivity index (χ1v) is 25.4. The third-order valence-electron chi connectivity index (χ3n) is 12.4. The number of benzene rings is 2. The second-order valence-corrected chi connectivity index (χ2v) is 19.4. The van der Waals surface area contributed by atoms with E-state index in [1.807, 2.05) is 58.2 Å². The molecule has 2 atom stereocenters. The number of anilines is 1. The van der Waals surface area contributed by atoms with Gasteiger partial charge in [-0.05, 0) is 103 Å². The summed E-state index contributed by atoms with van der Waals surface area (Å²) in [5.41, 5.74) is 12.1. The van der Waals surface area contributed by atoms with Gasteiger partial charge in [0.15, 0.2) is 22.9 Å². The van der Waals surface area contributed by atoms with Crippen molar-refractivity contribution in [3.63, 3.8) is 0 Å². The molecule has 6 aromatic rings. The van der Waals surface area contributed by atoms with Gasteiger partial charge in [0.25, 0.3) is 0 Å². The third kappa shape index (κ3) is 12.1. The number of hydrogen-bond acceptors (Lipinski definition) is 14. The second-order valence-electron chi connectivity index (χ2n) is 17.2. The summed E-state index contributed by atoms with van der Waals surface area (Å²) in [6.45, 7) is 17.1. The lowest BCUT2D eigenvalue weighted by Gasteiger charge is -2.26.